The second-order valence-electron chi connectivity index (χ2n) is 6.39. The number of rotatable bonds is 9. The van der Waals surface area contributed by atoms with Crippen molar-refractivity contribution < 1.29 is 14.3 Å². The van der Waals surface area contributed by atoms with Gasteiger partial charge in [-0.1, -0.05) is 56.7 Å². The Morgan fingerprint density at radius 2 is 1.81 bits per heavy atom. The molecule has 6 heteroatoms. The van der Waals surface area contributed by atoms with Crippen LogP contribution >= 0.6 is 12.4 Å². The molecule has 0 fully saturated rings. The van der Waals surface area contributed by atoms with Crippen molar-refractivity contribution in [2.45, 2.75) is 39.5 Å². The van der Waals surface area contributed by atoms with Crippen molar-refractivity contribution >= 4 is 18.3 Å². The average molecular weight is 393 g/mol. The Labute approximate surface area is 167 Å². The molecule has 0 aliphatic carbocycles. The van der Waals surface area contributed by atoms with E-state index in [1.54, 1.807) is 7.11 Å². The van der Waals surface area contributed by atoms with Gasteiger partial charge in [-0.15, -0.1) is 12.4 Å². The molecule has 0 radical (unpaired) electrons. The molecular weight excluding hydrogens is 364 g/mol. The highest BCUT2D eigenvalue weighted by atomic mass is 35.5. The molecule has 2 unspecified atom stereocenters. The molecule has 1 amide bonds. The number of nitrogens with two attached hydrogens (primary N) is 1. The van der Waals surface area contributed by atoms with Gasteiger partial charge in [-0.3, -0.25) is 4.79 Å². The molecule has 0 heterocycles. The van der Waals surface area contributed by atoms with Crippen LogP contribution in [0.25, 0.3) is 0 Å². The number of hydrogen-bond acceptors (Lipinski definition) is 4. The molecule has 0 saturated heterocycles. The SMILES string of the molecule is CCC(C)C(N)C(=O)NCc1ccc(OCc2ccccc2)c(OC)c1.Cl. The zero-order chi connectivity index (χ0) is 18.9. The second-order valence-corrected chi connectivity index (χ2v) is 6.39. The minimum absolute atomic E-state index is 0. The van der Waals surface area contributed by atoms with E-state index in [1.807, 2.05) is 62.4 Å². The molecule has 148 valence electrons. The van der Waals surface area contributed by atoms with Gasteiger partial charge < -0.3 is 20.5 Å². The van der Waals surface area contributed by atoms with Gasteiger partial charge in [0, 0.05) is 6.54 Å². The Kier molecular flexibility index (Phi) is 9.68. The summed E-state index contributed by atoms with van der Waals surface area (Å²) in [5, 5.41) is 2.88. The van der Waals surface area contributed by atoms with E-state index in [0.29, 0.717) is 24.7 Å². The van der Waals surface area contributed by atoms with E-state index in [1.165, 1.54) is 0 Å². The molecule has 5 nitrogen and oxygen atoms in total. The lowest BCUT2D eigenvalue weighted by molar-refractivity contribution is -0.123. The Morgan fingerprint density at radius 1 is 1.11 bits per heavy atom. The van der Waals surface area contributed by atoms with Gasteiger partial charge in [-0.25, -0.2) is 0 Å². The highest BCUT2D eigenvalue weighted by molar-refractivity contribution is 5.85. The van der Waals surface area contributed by atoms with Gasteiger partial charge in [0.2, 0.25) is 5.91 Å². The number of nitrogens with one attached hydrogen (secondary N) is 1. The lowest BCUT2D eigenvalue weighted by Gasteiger charge is -2.18. The maximum absolute atomic E-state index is 12.1. The van der Waals surface area contributed by atoms with E-state index in [2.05, 4.69) is 5.32 Å². The number of halogens is 1. The number of hydrogen-bond donors (Lipinski definition) is 2. The number of ether oxygens (including phenoxy) is 2. The van der Waals surface area contributed by atoms with Crippen molar-refractivity contribution in [3.05, 3.63) is 59.7 Å². The molecule has 2 atom stereocenters. The van der Waals surface area contributed by atoms with Gasteiger partial charge in [-0.2, -0.15) is 0 Å². The number of carbonyl (C=O) groups is 1. The lowest BCUT2D eigenvalue weighted by Crippen LogP contribution is -2.44. The van der Waals surface area contributed by atoms with Crippen molar-refractivity contribution in [3.63, 3.8) is 0 Å². The van der Waals surface area contributed by atoms with Crippen LogP contribution in [-0.4, -0.2) is 19.1 Å². The van der Waals surface area contributed by atoms with E-state index in [-0.39, 0.29) is 24.2 Å². The predicted octanol–water partition coefficient (Wildman–Crippen LogP) is 3.69. The van der Waals surface area contributed by atoms with Crippen LogP contribution in [0.1, 0.15) is 31.4 Å². The zero-order valence-electron chi connectivity index (χ0n) is 16.1. The third-order valence-electron chi connectivity index (χ3n) is 4.49. The molecular formula is C21H29ClN2O3. The van der Waals surface area contributed by atoms with Gasteiger partial charge in [0.1, 0.15) is 6.61 Å². The van der Waals surface area contributed by atoms with Crippen molar-refractivity contribution in [1.82, 2.24) is 5.32 Å². The van der Waals surface area contributed by atoms with Crippen molar-refractivity contribution in [3.8, 4) is 11.5 Å². The van der Waals surface area contributed by atoms with Crippen LogP contribution in [-0.2, 0) is 17.9 Å². The van der Waals surface area contributed by atoms with Gasteiger partial charge in [0.15, 0.2) is 11.5 Å². The summed E-state index contributed by atoms with van der Waals surface area (Å²) in [6.45, 7) is 4.87. The highest BCUT2D eigenvalue weighted by Gasteiger charge is 2.19. The smallest absolute Gasteiger partial charge is 0.237 e. The molecule has 0 aliphatic heterocycles. The average Bonchev–Trinajstić information content (AvgIpc) is 2.70. The number of methoxy groups -OCH3 is 1. The molecule has 0 saturated carbocycles. The standard InChI is InChI=1S/C21H28N2O3.ClH/c1-4-15(2)20(22)21(24)23-13-17-10-11-18(19(12-17)25-3)26-14-16-8-6-5-7-9-16;/h5-12,15,20H,4,13-14,22H2,1-3H3,(H,23,24);1H. The van der Waals surface area contributed by atoms with E-state index >= 15 is 0 Å². The van der Waals surface area contributed by atoms with E-state index < -0.39 is 6.04 Å². The quantitative estimate of drug-likeness (QED) is 0.682. The summed E-state index contributed by atoms with van der Waals surface area (Å²) in [5.41, 5.74) is 7.97. The maximum atomic E-state index is 12.1. The molecule has 3 N–H and O–H groups in total. The van der Waals surface area contributed by atoms with Crippen LogP contribution in [0.5, 0.6) is 11.5 Å². The Morgan fingerprint density at radius 3 is 2.44 bits per heavy atom. The Balaban J connectivity index is 0.00000364. The fourth-order valence-corrected chi connectivity index (χ4v) is 2.50. The van der Waals surface area contributed by atoms with Crippen LogP contribution in [0, 0.1) is 5.92 Å². The molecule has 2 aromatic carbocycles. The molecule has 0 aromatic heterocycles. The largest absolute Gasteiger partial charge is 0.493 e. The summed E-state index contributed by atoms with van der Waals surface area (Å²) in [7, 11) is 1.60. The third-order valence-corrected chi connectivity index (χ3v) is 4.49. The molecule has 0 bridgehead atoms. The van der Waals surface area contributed by atoms with Crippen LogP contribution in [0.2, 0.25) is 0 Å². The van der Waals surface area contributed by atoms with Gasteiger partial charge in [-0.05, 0) is 29.2 Å². The van der Waals surface area contributed by atoms with E-state index in [9.17, 15) is 4.79 Å². The van der Waals surface area contributed by atoms with Crippen LogP contribution in [0.15, 0.2) is 48.5 Å². The summed E-state index contributed by atoms with van der Waals surface area (Å²) in [5.74, 6) is 1.32. The van der Waals surface area contributed by atoms with Crippen molar-refractivity contribution in [2.24, 2.45) is 11.7 Å². The first kappa shape index (κ1) is 22.8. The zero-order valence-corrected chi connectivity index (χ0v) is 16.9. The number of benzene rings is 2. The van der Waals surface area contributed by atoms with Crippen molar-refractivity contribution in [1.29, 1.82) is 0 Å². The first-order chi connectivity index (χ1) is 12.5. The van der Waals surface area contributed by atoms with Gasteiger partial charge >= 0.3 is 0 Å². The molecule has 0 aliphatic rings. The third kappa shape index (κ3) is 6.77. The molecule has 2 aromatic rings. The number of carbonyl (C=O) groups excluding carboxylic acids is 1. The number of amides is 1. The van der Waals surface area contributed by atoms with Crippen molar-refractivity contribution in [2.75, 3.05) is 7.11 Å². The summed E-state index contributed by atoms with van der Waals surface area (Å²) in [6.07, 6.45) is 0.871. The van der Waals surface area contributed by atoms with Gasteiger partial charge in [0.05, 0.1) is 13.2 Å². The van der Waals surface area contributed by atoms with Crippen LogP contribution in [0.3, 0.4) is 0 Å². The predicted molar refractivity (Wildman–Crippen MR) is 110 cm³/mol. The molecule has 27 heavy (non-hydrogen) atoms. The Hall–Kier alpha value is -2.24. The van der Waals surface area contributed by atoms with E-state index in [4.69, 9.17) is 15.2 Å². The summed E-state index contributed by atoms with van der Waals surface area (Å²) in [4.78, 5) is 12.1. The fraction of sp³-hybridized carbons (Fsp3) is 0.381. The summed E-state index contributed by atoms with van der Waals surface area (Å²) in [6, 6.07) is 15.1. The topological polar surface area (TPSA) is 73.6 Å². The minimum atomic E-state index is -0.490. The second kappa shape index (κ2) is 11.5. The van der Waals surface area contributed by atoms with E-state index in [0.717, 1.165) is 17.5 Å². The molecule has 2 rings (SSSR count). The van der Waals surface area contributed by atoms with Crippen LogP contribution < -0.4 is 20.5 Å². The minimum Gasteiger partial charge on any atom is -0.493 e. The highest BCUT2D eigenvalue weighted by Crippen LogP contribution is 2.28. The lowest BCUT2D eigenvalue weighted by atomic mass is 9.99. The fourth-order valence-electron chi connectivity index (χ4n) is 2.50. The maximum Gasteiger partial charge on any atom is 0.237 e. The first-order valence-electron chi connectivity index (χ1n) is 8.92. The van der Waals surface area contributed by atoms with Gasteiger partial charge in [0.25, 0.3) is 0 Å². The monoisotopic (exact) mass is 392 g/mol. The summed E-state index contributed by atoms with van der Waals surface area (Å²) < 4.78 is 11.3. The molecule has 0 spiro atoms. The first-order valence-corrected chi connectivity index (χ1v) is 8.92. The normalized spacial score (nSPS) is 12.4. The Bertz CT molecular complexity index is 710. The van der Waals surface area contributed by atoms with Crippen LogP contribution in [0.4, 0.5) is 0 Å². The summed E-state index contributed by atoms with van der Waals surface area (Å²) >= 11 is 0.